The van der Waals surface area contributed by atoms with Crippen molar-refractivity contribution in [3.63, 3.8) is 0 Å². The van der Waals surface area contributed by atoms with Gasteiger partial charge in [-0.2, -0.15) is 0 Å². The van der Waals surface area contributed by atoms with Crippen LogP contribution in [0.1, 0.15) is 18.4 Å². The van der Waals surface area contributed by atoms with Crippen molar-refractivity contribution in [1.29, 1.82) is 0 Å². The zero-order valence-electron chi connectivity index (χ0n) is 8.05. The van der Waals surface area contributed by atoms with Crippen molar-refractivity contribution in [2.45, 2.75) is 18.2 Å². The molecule has 76 valence electrons. The lowest BCUT2D eigenvalue weighted by Crippen LogP contribution is -2.01. The maximum atomic E-state index is 11.9. The molecular weight excluding hydrogens is 199 g/mol. The van der Waals surface area contributed by atoms with Crippen molar-refractivity contribution >= 4 is 17.2 Å². The minimum absolute atomic E-state index is 0.159. The number of alkyl halides is 2. The van der Waals surface area contributed by atoms with E-state index in [0.29, 0.717) is 12.8 Å². The molecule has 14 heavy (non-hydrogen) atoms. The zero-order valence-corrected chi connectivity index (χ0v) is 8.80. The number of hydrogen-bond acceptors (Lipinski definition) is 0. The van der Waals surface area contributed by atoms with Crippen LogP contribution in [-0.4, -0.2) is 12.1 Å². The second-order valence-corrected chi connectivity index (χ2v) is 3.72. The van der Waals surface area contributed by atoms with Gasteiger partial charge in [-0.1, -0.05) is 36.9 Å². The number of hydrogen-bond donors (Lipinski definition) is 0. The monoisotopic (exact) mass is 212 g/mol. The first kappa shape index (κ1) is 11.3. The van der Waals surface area contributed by atoms with Crippen LogP contribution in [-0.2, 0) is 0 Å². The van der Waals surface area contributed by atoms with Crippen LogP contribution in [0.2, 0.25) is 0 Å². The minimum Gasteiger partial charge on any atom is -0.251 e. The molecule has 0 heterocycles. The smallest absolute Gasteiger partial charge is 0.0895 e. The molecule has 0 radical (unpaired) electrons. The van der Waals surface area contributed by atoms with Crippen molar-refractivity contribution in [3.8, 4) is 0 Å². The van der Waals surface area contributed by atoms with Gasteiger partial charge in [0, 0.05) is 0 Å². The number of benzene rings is 1. The number of halogens is 2. The summed E-state index contributed by atoms with van der Waals surface area (Å²) in [6.07, 6.45) is 1.14. The molecule has 0 nitrogen and oxygen atoms in total. The average molecular weight is 213 g/mol. The third-order valence-corrected chi connectivity index (χ3v) is 2.60. The molecule has 0 aliphatic carbocycles. The Morgan fingerprint density at radius 1 is 1.36 bits per heavy atom. The SMILES string of the molecule is C=C(c1ccccc1)C(Cl)CCCF. The number of rotatable bonds is 5. The Morgan fingerprint density at radius 2 is 2.00 bits per heavy atom. The van der Waals surface area contributed by atoms with Gasteiger partial charge < -0.3 is 0 Å². The molecule has 0 N–H and O–H groups in total. The Kier molecular flexibility index (Phi) is 4.68. The first-order chi connectivity index (χ1) is 6.75. The van der Waals surface area contributed by atoms with E-state index in [-0.39, 0.29) is 12.1 Å². The van der Waals surface area contributed by atoms with Crippen LogP contribution >= 0.6 is 11.6 Å². The summed E-state index contributed by atoms with van der Waals surface area (Å²) in [7, 11) is 0. The molecule has 2 heteroatoms. The van der Waals surface area contributed by atoms with Crippen LogP contribution in [0.4, 0.5) is 4.39 Å². The molecule has 0 aliphatic heterocycles. The van der Waals surface area contributed by atoms with Gasteiger partial charge in [0.1, 0.15) is 0 Å². The van der Waals surface area contributed by atoms with Crippen LogP contribution in [0.25, 0.3) is 5.57 Å². The Bertz CT molecular complexity index is 282. The Morgan fingerprint density at radius 3 is 2.57 bits per heavy atom. The molecule has 0 saturated carbocycles. The summed E-state index contributed by atoms with van der Waals surface area (Å²) in [5, 5.41) is -0.159. The first-order valence-electron chi connectivity index (χ1n) is 4.70. The molecule has 0 saturated heterocycles. The second-order valence-electron chi connectivity index (χ2n) is 3.19. The highest BCUT2D eigenvalue weighted by atomic mass is 35.5. The third kappa shape index (κ3) is 3.15. The van der Waals surface area contributed by atoms with E-state index in [2.05, 4.69) is 6.58 Å². The van der Waals surface area contributed by atoms with Crippen LogP contribution < -0.4 is 0 Å². The van der Waals surface area contributed by atoms with E-state index in [9.17, 15) is 4.39 Å². The normalized spacial score (nSPS) is 12.4. The topological polar surface area (TPSA) is 0 Å². The standard InChI is InChI=1S/C12H14ClF/c1-10(12(13)8-5-9-14)11-6-3-2-4-7-11/h2-4,6-7,12H,1,5,8-9H2. The van der Waals surface area contributed by atoms with Crippen molar-refractivity contribution in [1.82, 2.24) is 0 Å². The zero-order chi connectivity index (χ0) is 10.4. The lowest BCUT2D eigenvalue weighted by Gasteiger charge is -2.11. The van der Waals surface area contributed by atoms with E-state index in [1.807, 2.05) is 30.3 Å². The lowest BCUT2D eigenvalue weighted by molar-refractivity contribution is 0.465. The van der Waals surface area contributed by atoms with Gasteiger partial charge in [0.05, 0.1) is 12.1 Å². The number of allylic oxidation sites excluding steroid dienone is 1. The average Bonchev–Trinajstić information content (AvgIpc) is 2.26. The van der Waals surface area contributed by atoms with E-state index in [4.69, 9.17) is 11.6 Å². The molecule has 0 aromatic heterocycles. The molecule has 0 aliphatic rings. The summed E-state index contributed by atoms with van der Waals surface area (Å²) < 4.78 is 11.9. The van der Waals surface area contributed by atoms with Crippen LogP contribution in [0.15, 0.2) is 36.9 Å². The van der Waals surface area contributed by atoms with E-state index in [0.717, 1.165) is 11.1 Å². The fourth-order valence-corrected chi connectivity index (χ4v) is 1.54. The maximum Gasteiger partial charge on any atom is 0.0895 e. The summed E-state index contributed by atoms with van der Waals surface area (Å²) in [5.41, 5.74) is 1.91. The Balaban J connectivity index is 2.57. The molecule has 1 rings (SSSR count). The third-order valence-electron chi connectivity index (χ3n) is 2.11. The van der Waals surface area contributed by atoms with Gasteiger partial charge in [0.25, 0.3) is 0 Å². The molecule has 1 atom stereocenters. The molecule has 1 unspecified atom stereocenters. The van der Waals surface area contributed by atoms with Crippen LogP contribution in [0.5, 0.6) is 0 Å². The van der Waals surface area contributed by atoms with Gasteiger partial charge >= 0.3 is 0 Å². The Hall–Kier alpha value is -0.820. The second kappa shape index (κ2) is 5.82. The molecule has 1 aromatic carbocycles. The minimum atomic E-state index is -0.314. The van der Waals surface area contributed by atoms with Crippen molar-refractivity contribution < 1.29 is 4.39 Å². The largest absolute Gasteiger partial charge is 0.251 e. The first-order valence-corrected chi connectivity index (χ1v) is 5.13. The molecule has 0 amide bonds. The van der Waals surface area contributed by atoms with E-state index in [1.54, 1.807) is 0 Å². The molecular formula is C12H14ClF. The molecule has 0 fully saturated rings. The highest BCUT2D eigenvalue weighted by Crippen LogP contribution is 2.23. The predicted molar refractivity (Wildman–Crippen MR) is 60.3 cm³/mol. The van der Waals surface area contributed by atoms with Crippen molar-refractivity contribution in [2.75, 3.05) is 6.67 Å². The van der Waals surface area contributed by atoms with Crippen LogP contribution in [0.3, 0.4) is 0 Å². The highest BCUT2D eigenvalue weighted by molar-refractivity contribution is 6.26. The van der Waals surface area contributed by atoms with Gasteiger partial charge in [-0.05, 0) is 24.0 Å². The van der Waals surface area contributed by atoms with E-state index < -0.39 is 0 Å². The summed E-state index contributed by atoms with van der Waals surface area (Å²) in [6, 6.07) is 9.76. The quantitative estimate of drug-likeness (QED) is 0.646. The Labute approximate surface area is 89.4 Å². The molecule has 0 spiro atoms. The molecule has 0 bridgehead atoms. The van der Waals surface area contributed by atoms with Gasteiger partial charge in [-0.25, -0.2) is 0 Å². The van der Waals surface area contributed by atoms with Crippen molar-refractivity contribution in [2.24, 2.45) is 0 Å². The predicted octanol–water partition coefficient (Wildman–Crippen LogP) is 4.06. The van der Waals surface area contributed by atoms with Gasteiger partial charge in [0.15, 0.2) is 0 Å². The fourth-order valence-electron chi connectivity index (χ4n) is 1.26. The summed E-state index contributed by atoms with van der Waals surface area (Å²) >= 11 is 6.08. The van der Waals surface area contributed by atoms with Crippen LogP contribution in [0, 0.1) is 0 Å². The van der Waals surface area contributed by atoms with E-state index >= 15 is 0 Å². The highest BCUT2D eigenvalue weighted by Gasteiger charge is 2.09. The van der Waals surface area contributed by atoms with Gasteiger partial charge in [-0.3, -0.25) is 4.39 Å². The maximum absolute atomic E-state index is 11.9. The lowest BCUT2D eigenvalue weighted by atomic mass is 10.0. The van der Waals surface area contributed by atoms with E-state index in [1.165, 1.54) is 0 Å². The summed E-state index contributed by atoms with van der Waals surface area (Å²) in [4.78, 5) is 0. The molecule has 1 aromatic rings. The van der Waals surface area contributed by atoms with Gasteiger partial charge in [-0.15, -0.1) is 11.6 Å². The van der Waals surface area contributed by atoms with Crippen molar-refractivity contribution in [3.05, 3.63) is 42.5 Å². The summed E-state index contributed by atoms with van der Waals surface area (Å²) in [5.74, 6) is 0. The van der Waals surface area contributed by atoms with Gasteiger partial charge in [0.2, 0.25) is 0 Å². The fraction of sp³-hybridized carbons (Fsp3) is 0.333. The summed E-state index contributed by atoms with van der Waals surface area (Å²) in [6.45, 7) is 3.61.